The van der Waals surface area contributed by atoms with Gasteiger partial charge in [-0.15, -0.1) is 0 Å². The van der Waals surface area contributed by atoms with Gasteiger partial charge in [-0.1, -0.05) is 27.5 Å². The summed E-state index contributed by atoms with van der Waals surface area (Å²) in [5.41, 5.74) is 0.668. The lowest BCUT2D eigenvalue weighted by Gasteiger charge is -2.15. The molecule has 0 radical (unpaired) electrons. The fourth-order valence-corrected chi connectivity index (χ4v) is 2.00. The standard InChI is InChI=1S/C12H15BrClNO4/c1-17-10-5-11(18-2)9(4-8(10)14)15-6-7(13)12(16)19-3/h4-5,7,15H,6H2,1-3H3. The number of benzene rings is 1. The predicted molar refractivity (Wildman–Crippen MR) is 77.8 cm³/mol. The molecule has 0 saturated heterocycles. The molecule has 0 aromatic heterocycles. The first kappa shape index (κ1) is 15.9. The number of ether oxygens (including phenoxy) is 3. The van der Waals surface area contributed by atoms with E-state index < -0.39 is 4.83 Å². The van der Waals surface area contributed by atoms with Gasteiger partial charge in [-0.05, 0) is 6.07 Å². The summed E-state index contributed by atoms with van der Waals surface area (Å²) in [4.78, 5) is 10.8. The Bertz CT molecular complexity index is 456. The monoisotopic (exact) mass is 351 g/mol. The van der Waals surface area contributed by atoms with Gasteiger partial charge in [0.15, 0.2) is 0 Å². The molecule has 19 heavy (non-hydrogen) atoms. The summed E-state index contributed by atoms with van der Waals surface area (Å²) in [7, 11) is 4.40. The molecule has 0 heterocycles. The fourth-order valence-electron chi connectivity index (χ4n) is 1.41. The molecular weight excluding hydrogens is 337 g/mol. The zero-order valence-corrected chi connectivity index (χ0v) is 13.2. The quantitative estimate of drug-likeness (QED) is 0.630. The van der Waals surface area contributed by atoms with Gasteiger partial charge in [-0.25, -0.2) is 0 Å². The summed E-state index contributed by atoms with van der Waals surface area (Å²) >= 11 is 9.26. The lowest BCUT2D eigenvalue weighted by Crippen LogP contribution is -2.24. The van der Waals surface area contributed by atoms with Crippen LogP contribution in [0.2, 0.25) is 5.02 Å². The van der Waals surface area contributed by atoms with Crippen LogP contribution in [-0.4, -0.2) is 38.7 Å². The second-order valence-electron chi connectivity index (χ2n) is 3.56. The molecule has 1 aromatic rings. The fraction of sp³-hybridized carbons (Fsp3) is 0.417. The summed E-state index contributed by atoms with van der Waals surface area (Å²) in [5, 5.41) is 3.51. The minimum absolute atomic E-state index is 0.339. The average Bonchev–Trinajstić information content (AvgIpc) is 2.43. The van der Waals surface area contributed by atoms with Gasteiger partial charge in [0.2, 0.25) is 0 Å². The third kappa shape index (κ3) is 4.18. The number of rotatable bonds is 6. The maximum atomic E-state index is 11.3. The van der Waals surface area contributed by atoms with E-state index in [-0.39, 0.29) is 5.97 Å². The molecule has 0 bridgehead atoms. The second kappa shape index (κ2) is 7.45. The Morgan fingerprint density at radius 2 is 1.95 bits per heavy atom. The molecule has 0 spiro atoms. The van der Waals surface area contributed by atoms with Crippen molar-refractivity contribution in [2.45, 2.75) is 4.83 Å². The number of halogens is 2. The highest BCUT2D eigenvalue weighted by Gasteiger charge is 2.16. The molecule has 0 aliphatic heterocycles. The molecule has 0 aliphatic rings. The number of methoxy groups -OCH3 is 3. The summed E-state index contributed by atoms with van der Waals surface area (Å²) < 4.78 is 14.9. The van der Waals surface area contributed by atoms with Crippen LogP contribution >= 0.6 is 27.5 Å². The van der Waals surface area contributed by atoms with E-state index in [2.05, 4.69) is 26.0 Å². The van der Waals surface area contributed by atoms with E-state index >= 15 is 0 Å². The number of hydrogen-bond acceptors (Lipinski definition) is 5. The number of hydrogen-bond donors (Lipinski definition) is 1. The highest BCUT2D eigenvalue weighted by Crippen LogP contribution is 2.35. The summed E-state index contributed by atoms with van der Waals surface area (Å²) in [6.07, 6.45) is 0. The molecule has 1 atom stereocenters. The van der Waals surface area contributed by atoms with Crippen molar-refractivity contribution in [2.75, 3.05) is 33.2 Å². The molecule has 5 nitrogen and oxygen atoms in total. The minimum Gasteiger partial charge on any atom is -0.495 e. The van der Waals surface area contributed by atoms with E-state index in [1.165, 1.54) is 14.2 Å². The van der Waals surface area contributed by atoms with Gasteiger partial charge in [0, 0.05) is 12.6 Å². The van der Waals surface area contributed by atoms with Crippen LogP contribution in [-0.2, 0) is 9.53 Å². The van der Waals surface area contributed by atoms with Crippen molar-refractivity contribution in [3.8, 4) is 11.5 Å². The largest absolute Gasteiger partial charge is 0.495 e. The summed E-state index contributed by atoms with van der Waals surface area (Å²) in [6, 6.07) is 3.35. The molecule has 1 aromatic carbocycles. The molecule has 0 amide bonds. The van der Waals surface area contributed by atoms with E-state index in [4.69, 9.17) is 21.1 Å². The van der Waals surface area contributed by atoms with Gasteiger partial charge in [-0.3, -0.25) is 4.79 Å². The van der Waals surface area contributed by atoms with E-state index in [1.807, 2.05) is 0 Å². The van der Waals surface area contributed by atoms with E-state index in [0.717, 1.165) is 0 Å². The maximum absolute atomic E-state index is 11.3. The SMILES string of the molecule is COC(=O)C(Br)CNc1cc(Cl)c(OC)cc1OC. The Morgan fingerprint density at radius 1 is 1.32 bits per heavy atom. The Kier molecular flexibility index (Phi) is 6.24. The normalized spacial score (nSPS) is 11.6. The Morgan fingerprint density at radius 3 is 2.47 bits per heavy atom. The lowest BCUT2D eigenvalue weighted by atomic mass is 10.2. The van der Waals surface area contributed by atoms with Crippen LogP contribution in [0, 0.1) is 0 Å². The van der Waals surface area contributed by atoms with Crippen molar-refractivity contribution >= 4 is 39.2 Å². The van der Waals surface area contributed by atoms with Gasteiger partial charge in [-0.2, -0.15) is 0 Å². The van der Waals surface area contributed by atoms with Crippen LogP contribution in [0.4, 0.5) is 5.69 Å². The van der Waals surface area contributed by atoms with E-state index in [1.54, 1.807) is 19.2 Å². The predicted octanol–water partition coefficient (Wildman–Crippen LogP) is 2.71. The van der Waals surface area contributed by atoms with Crippen LogP contribution < -0.4 is 14.8 Å². The van der Waals surface area contributed by atoms with Crippen molar-refractivity contribution in [1.29, 1.82) is 0 Å². The summed E-state index contributed by atoms with van der Waals surface area (Å²) in [6.45, 7) is 0.339. The van der Waals surface area contributed by atoms with Crippen LogP contribution in [0.5, 0.6) is 11.5 Å². The zero-order chi connectivity index (χ0) is 14.4. The first-order valence-electron chi connectivity index (χ1n) is 5.40. The smallest absolute Gasteiger partial charge is 0.321 e. The highest BCUT2D eigenvalue weighted by atomic mass is 79.9. The van der Waals surface area contributed by atoms with Crippen molar-refractivity contribution < 1.29 is 19.0 Å². The maximum Gasteiger partial charge on any atom is 0.321 e. The van der Waals surface area contributed by atoms with Crippen LogP contribution in [0.1, 0.15) is 0 Å². The topological polar surface area (TPSA) is 56.8 Å². The molecule has 7 heteroatoms. The highest BCUT2D eigenvalue weighted by molar-refractivity contribution is 9.10. The van der Waals surface area contributed by atoms with Gasteiger partial charge in [0.25, 0.3) is 0 Å². The zero-order valence-electron chi connectivity index (χ0n) is 10.8. The Hall–Kier alpha value is -1.14. The molecule has 0 saturated carbocycles. The van der Waals surface area contributed by atoms with Gasteiger partial charge in [0.1, 0.15) is 16.3 Å². The number of carbonyl (C=O) groups is 1. The third-order valence-electron chi connectivity index (χ3n) is 2.40. The van der Waals surface area contributed by atoms with Crippen LogP contribution in [0.25, 0.3) is 0 Å². The van der Waals surface area contributed by atoms with Crippen molar-refractivity contribution in [3.63, 3.8) is 0 Å². The minimum atomic E-state index is -0.455. The van der Waals surface area contributed by atoms with Crippen LogP contribution in [0.3, 0.4) is 0 Å². The van der Waals surface area contributed by atoms with Gasteiger partial charge < -0.3 is 19.5 Å². The molecule has 1 N–H and O–H groups in total. The van der Waals surface area contributed by atoms with E-state index in [0.29, 0.717) is 28.8 Å². The number of anilines is 1. The second-order valence-corrected chi connectivity index (χ2v) is 5.07. The lowest BCUT2D eigenvalue weighted by molar-refractivity contribution is -0.139. The summed E-state index contributed by atoms with van der Waals surface area (Å²) in [5.74, 6) is 0.740. The van der Waals surface area contributed by atoms with Gasteiger partial charge in [0.05, 0.1) is 32.0 Å². The third-order valence-corrected chi connectivity index (χ3v) is 3.40. The Labute approximate surface area is 125 Å². The van der Waals surface area contributed by atoms with E-state index in [9.17, 15) is 4.79 Å². The molecular formula is C12H15BrClNO4. The van der Waals surface area contributed by atoms with Gasteiger partial charge >= 0.3 is 5.97 Å². The van der Waals surface area contributed by atoms with Crippen molar-refractivity contribution in [3.05, 3.63) is 17.2 Å². The molecule has 1 unspecified atom stereocenters. The molecule has 1 rings (SSSR count). The average molecular weight is 353 g/mol. The molecule has 106 valence electrons. The first-order valence-corrected chi connectivity index (χ1v) is 6.70. The Balaban J connectivity index is 2.83. The number of esters is 1. The number of alkyl halides is 1. The van der Waals surface area contributed by atoms with Crippen LogP contribution in [0.15, 0.2) is 12.1 Å². The van der Waals surface area contributed by atoms with Crippen molar-refractivity contribution in [2.24, 2.45) is 0 Å². The number of nitrogens with one attached hydrogen (secondary N) is 1. The number of carbonyl (C=O) groups excluding carboxylic acids is 1. The molecule has 0 aliphatic carbocycles. The molecule has 0 fully saturated rings. The first-order chi connectivity index (χ1) is 9.03. The van der Waals surface area contributed by atoms with Crippen molar-refractivity contribution in [1.82, 2.24) is 0 Å².